The van der Waals surface area contributed by atoms with E-state index in [1.54, 1.807) is 0 Å². The summed E-state index contributed by atoms with van der Waals surface area (Å²) in [6.45, 7) is 1.21. The standard InChI is InChI=1S/C15H22N2/c16-13-10-14-6-7-15(11-13)17(14)9-8-12-4-2-1-3-5-12/h1-5,13-15H,6-11,16H2. The number of rotatable bonds is 3. The van der Waals surface area contributed by atoms with Crippen molar-refractivity contribution in [3.05, 3.63) is 35.9 Å². The highest BCUT2D eigenvalue weighted by atomic mass is 15.2. The van der Waals surface area contributed by atoms with Crippen LogP contribution in [0.4, 0.5) is 0 Å². The van der Waals surface area contributed by atoms with Gasteiger partial charge in [-0.05, 0) is 37.7 Å². The third-order valence-corrected chi connectivity index (χ3v) is 4.42. The number of nitrogens with zero attached hydrogens (tertiary/aromatic N) is 1. The van der Waals surface area contributed by atoms with Crippen LogP contribution in [0.15, 0.2) is 30.3 Å². The fraction of sp³-hybridized carbons (Fsp3) is 0.600. The molecular formula is C15H22N2. The second-order valence-electron chi connectivity index (χ2n) is 5.59. The Kier molecular flexibility index (Phi) is 3.17. The molecule has 2 fully saturated rings. The van der Waals surface area contributed by atoms with Crippen LogP contribution in [0.1, 0.15) is 31.2 Å². The minimum atomic E-state index is 0.459. The predicted octanol–water partition coefficient (Wildman–Crippen LogP) is 2.18. The maximum absolute atomic E-state index is 6.10. The molecule has 0 aliphatic carbocycles. The summed E-state index contributed by atoms with van der Waals surface area (Å²) in [6.07, 6.45) is 6.35. The monoisotopic (exact) mass is 230 g/mol. The Bertz CT molecular complexity index is 348. The molecule has 2 heterocycles. The van der Waals surface area contributed by atoms with Crippen LogP contribution in [0.25, 0.3) is 0 Å². The Morgan fingerprint density at radius 2 is 1.71 bits per heavy atom. The van der Waals surface area contributed by atoms with Crippen molar-refractivity contribution < 1.29 is 0 Å². The molecule has 1 aromatic rings. The van der Waals surface area contributed by atoms with Crippen molar-refractivity contribution in [1.29, 1.82) is 0 Å². The van der Waals surface area contributed by atoms with Gasteiger partial charge in [0.05, 0.1) is 0 Å². The summed E-state index contributed by atoms with van der Waals surface area (Å²) in [5, 5.41) is 0. The van der Waals surface area contributed by atoms with Gasteiger partial charge in [-0.25, -0.2) is 0 Å². The van der Waals surface area contributed by atoms with Gasteiger partial charge in [0.1, 0.15) is 0 Å². The molecule has 2 nitrogen and oxygen atoms in total. The second kappa shape index (κ2) is 4.79. The number of fused-ring (bicyclic) bond motifs is 2. The summed E-state index contributed by atoms with van der Waals surface area (Å²) in [6, 6.07) is 12.8. The molecule has 2 aliphatic rings. The minimum absolute atomic E-state index is 0.459. The van der Waals surface area contributed by atoms with Crippen LogP contribution in [0.5, 0.6) is 0 Å². The van der Waals surface area contributed by atoms with Crippen LogP contribution in [0.3, 0.4) is 0 Å². The Balaban J connectivity index is 1.60. The van der Waals surface area contributed by atoms with Crippen LogP contribution >= 0.6 is 0 Å². The van der Waals surface area contributed by atoms with Crippen molar-refractivity contribution in [1.82, 2.24) is 4.90 Å². The van der Waals surface area contributed by atoms with Gasteiger partial charge in [-0.2, -0.15) is 0 Å². The average molecular weight is 230 g/mol. The Morgan fingerprint density at radius 3 is 2.35 bits per heavy atom. The molecule has 0 saturated carbocycles. The Morgan fingerprint density at radius 1 is 1.06 bits per heavy atom. The summed E-state index contributed by atoms with van der Waals surface area (Å²) in [4.78, 5) is 2.72. The molecular weight excluding hydrogens is 208 g/mol. The lowest BCUT2D eigenvalue weighted by Gasteiger charge is -2.37. The van der Waals surface area contributed by atoms with Crippen LogP contribution in [-0.4, -0.2) is 29.6 Å². The number of nitrogens with two attached hydrogens (primary N) is 1. The molecule has 0 amide bonds. The normalized spacial score (nSPS) is 32.9. The van der Waals surface area contributed by atoms with Gasteiger partial charge in [0.15, 0.2) is 0 Å². The fourth-order valence-electron chi connectivity index (χ4n) is 3.58. The minimum Gasteiger partial charge on any atom is -0.328 e. The van der Waals surface area contributed by atoms with E-state index in [2.05, 4.69) is 35.2 Å². The first-order valence-electron chi connectivity index (χ1n) is 6.88. The SMILES string of the molecule is NC1CC2CCC(C1)N2CCc1ccccc1. The van der Waals surface area contributed by atoms with E-state index in [1.807, 2.05) is 0 Å². The molecule has 17 heavy (non-hydrogen) atoms. The first-order valence-corrected chi connectivity index (χ1v) is 6.88. The summed E-state index contributed by atoms with van der Waals surface area (Å²) in [7, 11) is 0. The van der Waals surface area contributed by atoms with E-state index in [1.165, 1.54) is 44.2 Å². The molecule has 2 unspecified atom stereocenters. The van der Waals surface area contributed by atoms with Gasteiger partial charge in [0.25, 0.3) is 0 Å². The van der Waals surface area contributed by atoms with Gasteiger partial charge >= 0.3 is 0 Å². The van der Waals surface area contributed by atoms with E-state index < -0.39 is 0 Å². The molecule has 2 bridgehead atoms. The highest BCUT2D eigenvalue weighted by molar-refractivity contribution is 5.15. The van der Waals surface area contributed by atoms with E-state index in [-0.39, 0.29) is 0 Å². The number of hydrogen-bond donors (Lipinski definition) is 1. The summed E-state index contributed by atoms with van der Waals surface area (Å²) >= 11 is 0. The summed E-state index contributed by atoms with van der Waals surface area (Å²) in [5.41, 5.74) is 7.56. The van der Waals surface area contributed by atoms with Crippen LogP contribution in [-0.2, 0) is 6.42 Å². The number of hydrogen-bond acceptors (Lipinski definition) is 2. The molecule has 2 heteroatoms. The van der Waals surface area contributed by atoms with Gasteiger partial charge in [0, 0.05) is 24.7 Å². The fourth-order valence-corrected chi connectivity index (χ4v) is 3.58. The molecule has 2 N–H and O–H groups in total. The zero-order valence-electron chi connectivity index (χ0n) is 10.4. The van der Waals surface area contributed by atoms with E-state index >= 15 is 0 Å². The van der Waals surface area contributed by atoms with Gasteiger partial charge < -0.3 is 5.73 Å². The molecule has 2 saturated heterocycles. The summed E-state index contributed by atoms with van der Waals surface area (Å²) in [5.74, 6) is 0. The van der Waals surface area contributed by atoms with E-state index in [9.17, 15) is 0 Å². The maximum Gasteiger partial charge on any atom is 0.0114 e. The highest BCUT2D eigenvalue weighted by Crippen LogP contribution is 2.34. The highest BCUT2D eigenvalue weighted by Gasteiger charge is 2.38. The van der Waals surface area contributed by atoms with Crippen LogP contribution < -0.4 is 5.73 Å². The first kappa shape index (κ1) is 11.2. The zero-order valence-corrected chi connectivity index (χ0v) is 10.4. The number of piperidine rings is 1. The Hall–Kier alpha value is -0.860. The lowest BCUT2D eigenvalue weighted by molar-refractivity contribution is 0.129. The molecule has 0 spiro atoms. The summed E-state index contributed by atoms with van der Waals surface area (Å²) < 4.78 is 0. The molecule has 0 radical (unpaired) electrons. The predicted molar refractivity (Wildman–Crippen MR) is 70.9 cm³/mol. The van der Waals surface area contributed by atoms with Crippen molar-refractivity contribution in [3.63, 3.8) is 0 Å². The van der Waals surface area contributed by atoms with E-state index in [0.717, 1.165) is 12.1 Å². The average Bonchev–Trinajstić information content (AvgIpc) is 2.59. The molecule has 2 atom stereocenters. The molecule has 1 aromatic carbocycles. The topological polar surface area (TPSA) is 29.3 Å². The largest absolute Gasteiger partial charge is 0.328 e. The van der Waals surface area contributed by atoms with Gasteiger partial charge in [-0.15, -0.1) is 0 Å². The lowest BCUT2D eigenvalue weighted by Crippen LogP contribution is -2.48. The van der Waals surface area contributed by atoms with Crippen molar-refractivity contribution in [3.8, 4) is 0 Å². The quantitative estimate of drug-likeness (QED) is 0.862. The van der Waals surface area contributed by atoms with E-state index in [4.69, 9.17) is 5.73 Å². The van der Waals surface area contributed by atoms with Crippen molar-refractivity contribution in [2.75, 3.05) is 6.54 Å². The van der Waals surface area contributed by atoms with Crippen LogP contribution in [0, 0.1) is 0 Å². The van der Waals surface area contributed by atoms with Gasteiger partial charge in [-0.3, -0.25) is 4.90 Å². The van der Waals surface area contributed by atoms with Crippen molar-refractivity contribution in [2.45, 2.75) is 50.2 Å². The lowest BCUT2D eigenvalue weighted by atomic mass is 9.97. The van der Waals surface area contributed by atoms with Crippen molar-refractivity contribution in [2.24, 2.45) is 5.73 Å². The first-order chi connectivity index (χ1) is 8.33. The molecule has 3 rings (SSSR count). The van der Waals surface area contributed by atoms with Crippen LogP contribution in [0.2, 0.25) is 0 Å². The van der Waals surface area contributed by atoms with E-state index in [0.29, 0.717) is 6.04 Å². The third-order valence-electron chi connectivity index (χ3n) is 4.42. The van der Waals surface area contributed by atoms with Gasteiger partial charge in [0.2, 0.25) is 0 Å². The molecule has 2 aliphatic heterocycles. The molecule has 92 valence electrons. The number of benzene rings is 1. The third kappa shape index (κ3) is 2.38. The van der Waals surface area contributed by atoms with Gasteiger partial charge in [-0.1, -0.05) is 30.3 Å². The maximum atomic E-state index is 6.10. The smallest absolute Gasteiger partial charge is 0.0114 e. The Labute approximate surface area is 104 Å². The zero-order chi connectivity index (χ0) is 11.7. The second-order valence-corrected chi connectivity index (χ2v) is 5.59. The molecule has 0 aromatic heterocycles. The van der Waals surface area contributed by atoms with Crippen molar-refractivity contribution >= 4 is 0 Å².